The molecule has 0 bridgehead atoms. The number of hydrogen-bond donors (Lipinski definition) is 0. The molecule has 0 saturated carbocycles. The predicted molar refractivity (Wildman–Crippen MR) is 99.7 cm³/mol. The molecule has 3 rings (SSSR count). The van der Waals surface area contributed by atoms with Crippen molar-refractivity contribution in [2.24, 2.45) is 5.92 Å². The van der Waals surface area contributed by atoms with Crippen molar-refractivity contribution < 1.29 is 0 Å². The highest BCUT2D eigenvalue weighted by Gasteiger charge is 2.29. The minimum absolute atomic E-state index is 0.628. The molecule has 0 amide bonds. The second kappa shape index (κ2) is 8.49. The second-order valence-corrected chi connectivity index (χ2v) is 7.13. The topological polar surface area (TPSA) is 3.24 Å². The van der Waals surface area contributed by atoms with E-state index in [0.29, 0.717) is 5.92 Å². The van der Waals surface area contributed by atoms with Crippen LogP contribution in [0.2, 0.25) is 0 Å². The molecule has 23 heavy (non-hydrogen) atoms. The lowest BCUT2D eigenvalue weighted by molar-refractivity contribution is 0.174. The SMILES string of the molecule is CCCN1CCC(C(C2=CC=CCCC2)c2ccccc2)CC1. The lowest BCUT2D eigenvalue weighted by Crippen LogP contribution is -2.36. The molecule has 1 unspecified atom stereocenters. The van der Waals surface area contributed by atoms with Crippen LogP contribution in [0.1, 0.15) is 56.9 Å². The first-order valence-corrected chi connectivity index (χ1v) is 9.51. The Morgan fingerprint density at radius 1 is 1.13 bits per heavy atom. The molecular formula is C22H31N. The molecule has 1 fully saturated rings. The van der Waals surface area contributed by atoms with E-state index in [-0.39, 0.29) is 0 Å². The summed E-state index contributed by atoms with van der Waals surface area (Å²) in [5.74, 6) is 1.44. The van der Waals surface area contributed by atoms with Crippen molar-refractivity contribution in [2.75, 3.05) is 19.6 Å². The molecule has 0 spiro atoms. The number of likely N-dealkylation sites (tertiary alicyclic amines) is 1. The van der Waals surface area contributed by atoms with Crippen molar-refractivity contribution in [1.82, 2.24) is 4.90 Å². The Balaban J connectivity index is 1.79. The third-order valence-electron chi connectivity index (χ3n) is 5.48. The third-order valence-corrected chi connectivity index (χ3v) is 5.48. The number of nitrogens with zero attached hydrogens (tertiary/aromatic N) is 1. The van der Waals surface area contributed by atoms with Crippen LogP contribution in [-0.4, -0.2) is 24.5 Å². The Hall–Kier alpha value is -1.34. The van der Waals surface area contributed by atoms with Gasteiger partial charge in [0.1, 0.15) is 0 Å². The molecule has 1 nitrogen and oxygen atoms in total. The zero-order valence-corrected chi connectivity index (χ0v) is 14.6. The molecule has 1 heteroatoms. The Morgan fingerprint density at radius 2 is 1.91 bits per heavy atom. The molecule has 1 saturated heterocycles. The Bertz CT molecular complexity index is 520. The van der Waals surface area contributed by atoms with Gasteiger partial charge in [-0.25, -0.2) is 0 Å². The minimum atomic E-state index is 0.628. The minimum Gasteiger partial charge on any atom is -0.303 e. The zero-order valence-electron chi connectivity index (χ0n) is 14.6. The monoisotopic (exact) mass is 309 g/mol. The Morgan fingerprint density at radius 3 is 2.65 bits per heavy atom. The van der Waals surface area contributed by atoms with Crippen LogP contribution in [0.15, 0.2) is 54.1 Å². The first-order valence-electron chi connectivity index (χ1n) is 9.51. The maximum Gasteiger partial charge on any atom is 0.00805 e. The quantitative estimate of drug-likeness (QED) is 0.688. The Labute approximate surface area is 142 Å². The van der Waals surface area contributed by atoms with E-state index in [1.54, 1.807) is 5.57 Å². The zero-order chi connectivity index (χ0) is 15.9. The summed E-state index contributed by atoms with van der Waals surface area (Å²) in [7, 11) is 0. The van der Waals surface area contributed by atoms with Crippen molar-refractivity contribution in [3.8, 4) is 0 Å². The highest BCUT2D eigenvalue weighted by Crippen LogP contribution is 2.40. The number of benzene rings is 1. The van der Waals surface area contributed by atoms with E-state index in [4.69, 9.17) is 0 Å². The lowest BCUT2D eigenvalue weighted by Gasteiger charge is -2.37. The first kappa shape index (κ1) is 16.5. The van der Waals surface area contributed by atoms with E-state index in [2.05, 4.69) is 60.4 Å². The molecule has 2 aliphatic rings. The number of piperidine rings is 1. The van der Waals surface area contributed by atoms with Crippen LogP contribution in [0.25, 0.3) is 0 Å². The normalized spacial score (nSPS) is 21.7. The van der Waals surface area contributed by atoms with Gasteiger partial charge < -0.3 is 4.90 Å². The van der Waals surface area contributed by atoms with Gasteiger partial charge in [-0.3, -0.25) is 0 Å². The summed E-state index contributed by atoms with van der Waals surface area (Å²) in [6.07, 6.45) is 14.8. The van der Waals surface area contributed by atoms with Crippen LogP contribution in [0.4, 0.5) is 0 Å². The molecule has 1 aromatic carbocycles. The number of allylic oxidation sites excluding steroid dienone is 4. The molecule has 1 aliphatic heterocycles. The van der Waals surface area contributed by atoms with Gasteiger partial charge in [0.25, 0.3) is 0 Å². The van der Waals surface area contributed by atoms with Gasteiger partial charge in [0, 0.05) is 5.92 Å². The maximum atomic E-state index is 2.65. The van der Waals surface area contributed by atoms with Crippen molar-refractivity contribution in [3.05, 3.63) is 59.7 Å². The fourth-order valence-corrected chi connectivity index (χ4v) is 4.33. The van der Waals surface area contributed by atoms with Gasteiger partial charge >= 0.3 is 0 Å². The summed E-state index contributed by atoms with van der Waals surface area (Å²) in [5, 5.41) is 0. The van der Waals surface area contributed by atoms with Crippen molar-refractivity contribution >= 4 is 0 Å². The smallest absolute Gasteiger partial charge is 0.00805 e. The van der Waals surface area contributed by atoms with Gasteiger partial charge in [-0.2, -0.15) is 0 Å². The van der Waals surface area contributed by atoms with Crippen LogP contribution in [-0.2, 0) is 0 Å². The van der Waals surface area contributed by atoms with Crippen LogP contribution in [0, 0.1) is 5.92 Å². The van der Waals surface area contributed by atoms with E-state index in [0.717, 1.165) is 5.92 Å². The average Bonchev–Trinajstić information content (AvgIpc) is 2.87. The van der Waals surface area contributed by atoms with Crippen LogP contribution < -0.4 is 0 Å². The molecule has 1 aliphatic carbocycles. The van der Waals surface area contributed by atoms with Gasteiger partial charge in [-0.15, -0.1) is 0 Å². The van der Waals surface area contributed by atoms with Gasteiger partial charge in [0.15, 0.2) is 0 Å². The van der Waals surface area contributed by atoms with E-state index < -0.39 is 0 Å². The largest absolute Gasteiger partial charge is 0.303 e. The molecule has 124 valence electrons. The summed E-state index contributed by atoms with van der Waals surface area (Å²) in [6.45, 7) is 6.13. The van der Waals surface area contributed by atoms with Crippen LogP contribution in [0.3, 0.4) is 0 Å². The maximum absolute atomic E-state index is 2.65. The fourth-order valence-electron chi connectivity index (χ4n) is 4.33. The van der Waals surface area contributed by atoms with Crippen molar-refractivity contribution in [1.29, 1.82) is 0 Å². The molecule has 1 atom stereocenters. The molecule has 0 radical (unpaired) electrons. The molecule has 1 aromatic rings. The number of rotatable bonds is 5. The van der Waals surface area contributed by atoms with Gasteiger partial charge in [0.05, 0.1) is 0 Å². The summed E-state index contributed by atoms with van der Waals surface area (Å²) in [4.78, 5) is 2.65. The number of hydrogen-bond acceptors (Lipinski definition) is 1. The fraction of sp³-hybridized carbons (Fsp3) is 0.545. The van der Waals surface area contributed by atoms with Crippen LogP contribution in [0.5, 0.6) is 0 Å². The highest BCUT2D eigenvalue weighted by atomic mass is 15.1. The van der Waals surface area contributed by atoms with Gasteiger partial charge in [-0.1, -0.05) is 61.1 Å². The second-order valence-electron chi connectivity index (χ2n) is 7.13. The standard InChI is InChI=1S/C22H31N/c1-2-16-23-17-14-21(15-18-23)22(20-12-8-5-9-13-20)19-10-6-3-4-7-11-19/h3,5-6,8-10,12-13,21-22H,2,4,7,11,14-18H2,1H3. The average molecular weight is 309 g/mol. The van der Waals surface area contributed by atoms with E-state index >= 15 is 0 Å². The van der Waals surface area contributed by atoms with Crippen LogP contribution >= 0.6 is 0 Å². The van der Waals surface area contributed by atoms with Gasteiger partial charge in [0.2, 0.25) is 0 Å². The van der Waals surface area contributed by atoms with Crippen molar-refractivity contribution in [3.63, 3.8) is 0 Å². The Kier molecular flexibility index (Phi) is 6.10. The highest BCUT2D eigenvalue weighted by molar-refractivity contribution is 5.33. The predicted octanol–water partition coefficient (Wildman–Crippen LogP) is 5.56. The summed E-state index contributed by atoms with van der Waals surface area (Å²) < 4.78 is 0. The first-order chi connectivity index (χ1) is 11.4. The summed E-state index contributed by atoms with van der Waals surface area (Å²) >= 11 is 0. The van der Waals surface area contributed by atoms with Crippen molar-refractivity contribution in [2.45, 2.75) is 51.4 Å². The molecule has 0 N–H and O–H groups in total. The molecule has 0 aromatic heterocycles. The van der Waals surface area contributed by atoms with E-state index in [9.17, 15) is 0 Å². The third kappa shape index (κ3) is 4.35. The molecule has 1 heterocycles. The molecular weight excluding hydrogens is 278 g/mol. The van der Waals surface area contributed by atoms with E-state index in [1.165, 1.54) is 63.7 Å². The van der Waals surface area contributed by atoms with E-state index in [1.807, 2.05) is 0 Å². The lowest BCUT2D eigenvalue weighted by atomic mass is 9.74. The summed E-state index contributed by atoms with van der Waals surface area (Å²) in [5.41, 5.74) is 3.20. The van der Waals surface area contributed by atoms with Gasteiger partial charge in [-0.05, 0) is 69.6 Å². The summed E-state index contributed by atoms with van der Waals surface area (Å²) in [6, 6.07) is 11.3.